The van der Waals surface area contributed by atoms with Crippen LogP contribution in [-0.2, 0) is 11.4 Å². The average Bonchev–Trinajstić information content (AvgIpc) is 2.86. The Kier molecular flexibility index (Phi) is 4.69. The fourth-order valence-electron chi connectivity index (χ4n) is 2.16. The maximum absolute atomic E-state index is 9.93. The van der Waals surface area contributed by atoms with Crippen molar-refractivity contribution in [1.82, 2.24) is 5.48 Å². The fourth-order valence-corrected chi connectivity index (χ4v) is 2.39. The predicted octanol–water partition coefficient (Wildman–Crippen LogP) is 3.02. The fraction of sp³-hybridized carbons (Fsp3) is 0.538. The zero-order chi connectivity index (χ0) is 13.0. The molecule has 0 amide bonds. The third kappa shape index (κ3) is 3.28. The highest BCUT2D eigenvalue weighted by atomic mass is 35.5. The highest BCUT2D eigenvalue weighted by Gasteiger charge is 2.16. The van der Waals surface area contributed by atoms with Crippen molar-refractivity contribution in [1.29, 1.82) is 0 Å². The zero-order valence-corrected chi connectivity index (χ0v) is 11.2. The summed E-state index contributed by atoms with van der Waals surface area (Å²) in [4.78, 5) is 5.53. The summed E-state index contributed by atoms with van der Waals surface area (Å²) in [6.45, 7) is 0.402. The van der Waals surface area contributed by atoms with Gasteiger partial charge in [-0.05, 0) is 18.9 Å². The van der Waals surface area contributed by atoms with E-state index < -0.39 is 0 Å². The number of hydrogen-bond donors (Lipinski definition) is 2. The molecule has 0 unspecified atom stereocenters. The van der Waals surface area contributed by atoms with Crippen LogP contribution in [0.2, 0.25) is 5.02 Å². The van der Waals surface area contributed by atoms with Gasteiger partial charge in [0.1, 0.15) is 0 Å². The van der Waals surface area contributed by atoms with E-state index in [1.807, 2.05) is 0 Å². The van der Waals surface area contributed by atoms with Gasteiger partial charge in [-0.15, -0.1) is 0 Å². The van der Waals surface area contributed by atoms with Gasteiger partial charge in [-0.2, -0.15) is 5.48 Å². The summed E-state index contributed by atoms with van der Waals surface area (Å²) in [5.74, 6) is 0.476. The van der Waals surface area contributed by atoms with Crippen molar-refractivity contribution < 1.29 is 14.7 Å². The highest BCUT2D eigenvalue weighted by Crippen LogP contribution is 2.33. The van der Waals surface area contributed by atoms with Crippen LogP contribution in [0.4, 0.5) is 0 Å². The van der Waals surface area contributed by atoms with Crippen LogP contribution in [-0.4, -0.2) is 18.3 Å². The van der Waals surface area contributed by atoms with Crippen molar-refractivity contribution in [2.24, 2.45) is 0 Å². The summed E-state index contributed by atoms with van der Waals surface area (Å²) in [5, 5.41) is 10.5. The first-order chi connectivity index (χ1) is 8.70. The lowest BCUT2D eigenvalue weighted by atomic mass is 10.2. The van der Waals surface area contributed by atoms with Gasteiger partial charge in [0.2, 0.25) is 0 Å². The van der Waals surface area contributed by atoms with Crippen molar-refractivity contribution in [2.75, 3.05) is 7.11 Å². The molecule has 4 nitrogen and oxygen atoms in total. The van der Waals surface area contributed by atoms with Crippen molar-refractivity contribution in [3.8, 4) is 11.5 Å². The molecule has 0 aliphatic heterocycles. The van der Waals surface area contributed by atoms with E-state index in [0.29, 0.717) is 22.9 Å². The van der Waals surface area contributed by atoms with Gasteiger partial charge < -0.3 is 9.84 Å². The van der Waals surface area contributed by atoms with Gasteiger partial charge in [-0.3, -0.25) is 4.84 Å². The van der Waals surface area contributed by atoms with Crippen LogP contribution >= 0.6 is 11.6 Å². The number of hydrogen-bond acceptors (Lipinski definition) is 4. The maximum atomic E-state index is 9.93. The van der Waals surface area contributed by atoms with E-state index in [9.17, 15) is 5.11 Å². The number of hydroxylamine groups is 1. The second-order valence-corrected chi connectivity index (χ2v) is 4.90. The Morgan fingerprint density at radius 1 is 1.39 bits per heavy atom. The van der Waals surface area contributed by atoms with E-state index in [1.165, 1.54) is 20.0 Å². The van der Waals surface area contributed by atoms with Crippen LogP contribution in [0.5, 0.6) is 11.5 Å². The number of phenols is 1. The molecule has 0 bridgehead atoms. The monoisotopic (exact) mass is 271 g/mol. The number of phenolic OH excluding ortho intramolecular Hbond substituents is 1. The van der Waals surface area contributed by atoms with Gasteiger partial charge >= 0.3 is 0 Å². The predicted molar refractivity (Wildman–Crippen MR) is 69.8 cm³/mol. The molecule has 18 heavy (non-hydrogen) atoms. The SMILES string of the molecule is COc1cc(Cl)cc(CNOC2CCCC2)c1O. The Bertz CT molecular complexity index is 405. The molecule has 5 heteroatoms. The second kappa shape index (κ2) is 6.27. The maximum Gasteiger partial charge on any atom is 0.162 e. The van der Waals surface area contributed by atoms with E-state index in [1.54, 1.807) is 12.1 Å². The first kappa shape index (κ1) is 13.5. The summed E-state index contributed by atoms with van der Waals surface area (Å²) < 4.78 is 5.04. The summed E-state index contributed by atoms with van der Waals surface area (Å²) >= 11 is 5.95. The third-order valence-corrected chi connectivity index (χ3v) is 3.37. The lowest BCUT2D eigenvalue weighted by Gasteiger charge is -2.13. The van der Waals surface area contributed by atoms with E-state index in [0.717, 1.165) is 12.8 Å². The topological polar surface area (TPSA) is 50.7 Å². The van der Waals surface area contributed by atoms with Gasteiger partial charge in [-0.25, -0.2) is 0 Å². The lowest BCUT2D eigenvalue weighted by Crippen LogP contribution is -2.21. The largest absolute Gasteiger partial charge is 0.504 e. The number of halogens is 1. The molecule has 1 aliphatic rings. The Hall–Kier alpha value is -0.970. The molecule has 2 N–H and O–H groups in total. The van der Waals surface area contributed by atoms with Crippen LogP contribution in [0, 0.1) is 0 Å². The van der Waals surface area contributed by atoms with Crippen LogP contribution < -0.4 is 10.2 Å². The van der Waals surface area contributed by atoms with Gasteiger partial charge in [0.15, 0.2) is 11.5 Å². The molecular weight excluding hydrogens is 254 g/mol. The molecule has 100 valence electrons. The molecule has 0 atom stereocenters. The molecule has 0 spiro atoms. The molecule has 1 fully saturated rings. The highest BCUT2D eigenvalue weighted by molar-refractivity contribution is 6.30. The van der Waals surface area contributed by atoms with E-state index >= 15 is 0 Å². The summed E-state index contributed by atoms with van der Waals surface area (Å²) in [7, 11) is 1.50. The number of aromatic hydroxyl groups is 1. The molecular formula is C13H18ClNO3. The van der Waals surface area contributed by atoms with E-state index in [-0.39, 0.29) is 11.9 Å². The summed E-state index contributed by atoms with van der Waals surface area (Å²) in [6.07, 6.45) is 4.93. The number of rotatable bonds is 5. The number of methoxy groups -OCH3 is 1. The van der Waals surface area contributed by atoms with Crippen molar-refractivity contribution in [3.05, 3.63) is 22.7 Å². The second-order valence-electron chi connectivity index (χ2n) is 4.46. The molecule has 0 aromatic heterocycles. The average molecular weight is 272 g/mol. The molecule has 0 heterocycles. The van der Waals surface area contributed by atoms with E-state index in [4.69, 9.17) is 21.2 Å². The molecule has 1 aliphatic carbocycles. The minimum atomic E-state index is 0.101. The Morgan fingerprint density at radius 2 is 2.11 bits per heavy atom. The number of ether oxygens (including phenoxy) is 1. The standard InChI is InChI=1S/C13H18ClNO3/c1-17-12-7-10(14)6-9(13(12)16)8-15-18-11-4-2-3-5-11/h6-7,11,15-16H,2-5,8H2,1H3. The smallest absolute Gasteiger partial charge is 0.162 e. The Morgan fingerprint density at radius 3 is 2.78 bits per heavy atom. The minimum Gasteiger partial charge on any atom is -0.504 e. The molecule has 1 saturated carbocycles. The summed E-state index contributed by atoms with van der Waals surface area (Å²) in [5.41, 5.74) is 3.55. The van der Waals surface area contributed by atoms with Gasteiger partial charge in [0, 0.05) is 23.2 Å². The molecule has 0 radical (unpaired) electrons. The quantitative estimate of drug-likeness (QED) is 0.809. The normalized spacial score (nSPS) is 16.1. The van der Waals surface area contributed by atoms with Gasteiger partial charge in [0.25, 0.3) is 0 Å². The van der Waals surface area contributed by atoms with Crippen molar-refractivity contribution in [2.45, 2.75) is 38.3 Å². The molecule has 2 rings (SSSR count). The first-order valence-corrected chi connectivity index (χ1v) is 6.52. The Balaban J connectivity index is 1.93. The molecule has 1 aromatic carbocycles. The van der Waals surface area contributed by atoms with Crippen LogP contribution in [0.15, 0.2) is 12.1 Å². The van der Waals surface area contributed by atoms with Crippen LogP contribution in [0.25, 0.3) is 0 Å². The summed E-state index contributed by atoms with van der Waals surface area (Å²) in [6, 6.07) is 3.28. The number of benzene rings is 1. The molecule has 0 saturated heterocycles. The Labute approximate surface area is 112 Å². The third-order valence-electron chi connectivity index (χ3n) is 3.15. The molecule has 1 aromatic rings. The van der Waals surface area contributed by atoms with Crippen molar-refractivity contribution in [3.63, 3.8) is 0 Å². The van der Waals surface area contributed by atoms with Gasteiger partial charge in [-0.1, -0.05) is 24.4 Å². The first-order valence-electron chi connectivity index (χ1n) is 6.14. The van der Waals surface area contributed by atoms with Crippen LogP contribution in [0.1, 0.15) is 31.2 Å². The van der Waals surface area contributed by atoms with Crippen LogP contribution in [0.3, 0.4) is 0 Å². The van der Waals surface area contributed by atoms with Crippen molar-refractivity contribution >= 4 is 11.6 Å². The lowest BCUT2D eigenvalue weighted by molar-refractivity contribution is -0.0246. The van der Waals surface area contributed by atoms with E-state index in [2.05, 4.69) is 5.48 Å². The number of nitrogens with one attached hydrogen (secondary N) is 1. The van der Waals surface area contributed by atoms with Gasteiger partial charge in [0.05, 0.1) is 13.2 Å². The minimum absolute atomic E-state index is 0.101. The zero-order valence-electron chi connectivity index (χ0n) is 10.4.